The van der Waals surface area contributed by atoms with Gasteiger partial charge in [-0.1, -0.05) is 24.0 Å². The minimum absolute atomic E-state index is 0.114. The van der Waals surface area contributed by atoms with Crippen LogP contribution in [0.4, 0.5) is 0 Å². The van der Waals surface area contributed by atoms with Crippen LogP contribution in [0.5, 0.6) is 0 Å². The summed E-state index contributed by atoms with van der Waals surface area (Å²) >= 11 is 0. The van der Waals surface area contributed by atoms with Crippen molar-refractivity contribution in [2.24, 2.45) is 5.41 Å². The van der Waals surface area contributed by atoms with Crippen LogP contribution in [0.3, 0.4) is 0 Å². The number of allylic oxidation sites excluding steroid dienone is 3. The lowest BCUT2D eigenvalue weighted by Gasteiger charge is -2.05. The predicted molar refractivity (Wildman–Crippen MR) is 55.8 cm³/mol. The highest BCUT2D eigenvalue weighted by Gasteiger charge is 2.01. The molecule has 0 atom stereocenters. The van der Waals surface area contributed by atoms with Gasteiger partial charge in [-0.05, 0) is 39.7 Å². The zero-order valence-electron chi connectivity index (χ0n) is 8.35. The Hall–Kier alpha value is -0.960. The quantitative estimate of drug-likeness (QED) is 0.338. The fraction of sp³-hybridized carbons (Fsp3) is 0.500. The van der Waals surface area contributed by atoms with Crippen LogP contribution in [0.15, 0.2) is 24.8 Å². The van der Waals surface area contributed by atoms with Crippen LogP contribution in [-0.2, 0) is 0 Å². The summed E-state index contributed by atoms with van der Waals surface area (Å²) in [6.45, 7) is 9.97. The second-order valence-corrected chi connectivity index (χ2v) is 3.79. The van der Waals surface area contributed by atoms with Crippen LogP contribution in [0, 0.1) is 17.3 Å². The minimum Gasteiger partial charge on any atom is -0.103 e. The van der Waals surface area contributed by atoms with Crippen LogP contribution in [0.1, 0.15) is 33.6 Å². The van der Waals surface area contributed by atoms with Crippen molar-refractivity contribution in [2.45, 2.75) is 33.6 Å². The average molecular weight is 162 g/mol. The molecule has 66 valence electrons. The first kappa shape index (κ1) is 11.0. The molecule has 0 heterocycles. The van der Waals surface area contributed by atoms with E-state index < -0.39 is 0 Å². The fourth-order valence-electron chi connectivity index (χ4n) is 0.615. The van der Waals surface area contributed by atoms with E-state index in [9.17, 15) is 0 Å². The second-order valence-electron chi connectivity index (χ2n) is 3.79. The minimum atomic E-state index is 0.114. The van der Waals surface area contributed by atoms with Crippen LogP contribution in [-0.4, -0.2) is 0 Å². The van der Waals surface area contributed by atoms with Crippen LogP contribution in [0.2, 0.25) is 0 Å². The molecule has 0 bridgehead atoms. The first-order chi connectivity index (χ1) is 5.56. The molecular formula is C12H18. The molecule has 0 aliphatic carbocycles. The fourth-order valence-corrected chi connectivity index (χ4v) is 0.615. The van der Waals surface area contributed by atoms with E-state index in [-0.39, 0.29) is 5.41 Å². The molecule has 0 aromatic rings. The molecule has 0 aliphatic rings. The molecule has 12 heavy (non-hydrogen) atoms. The molecular weight excluding hydrogens is 144 g/mol. The standard InChI is InChI=1S/C12H18/c1-5-6-7-8-9-10-11-12(2,3)4/h5,8-9H,1,6-7H2,2-4H3/b9-8+. The second kappa shape index (κ2) is 5.66. The molecule has 0 spiro atoms. The third-order valence-electron chi connectivity index (χ3n) is 1.19. The molecule has 0 heteroatoms. The van der Waals surface area contributed by atoms with Crippen molar-refractivity contribution in [1.82, 2.24) is 0 Å². The summed E-state index contributed by atoms with van der Waals surface area (Å²) in [6.07, 6.45) is 8.01. The molecule has 0 unspecified atom stereocenters. The van der Waals surface area contributed by atoms with Gasteiger partial charge < -0.3 is 0 Å². The Balaban J connectivity index is 3.70. The summed E-state index contributed by atoms with van der Waals surface area (Å²) in [5.74, 6) is 6.16. The normalized spacial score (nSPS) is 10.9. The zero-order valence-corrected chi connectivity index (χ0v) is 8.35. The van der Waals surface area contributed by atoms with Crippen molar-refractivity contribution < 1.29 is 0 Å². The Morgan fingerprint density at radius 1 is 1.25 bits per heavy atom. The van der Waals surface area contributed by atoms with E-state index in [1.807, 2.05) is 12.2 Å². The zero-order chi connectivity index (χ0) is 9.45. The van der Waals surface area contributed by atoms with Gasteiger partial charge in [-0.25, -0.2) is 0 Å². The molecule has 0 N–H and O–H groups in total. The highest BCUT2D eigenvalue weighted by Crippen LogP contribution is 2.09. The maximum absolute atomic E-state index is 3.65. The van der Waals surface area contributed by atoms with Gasteiger partial charge in [0.15, 0.2) is 0 Å². The van der Waals surface area contributed by atoms with Crippen LogP contribution < -0.4 is 0 Å². The third-order valence-corrected chi connectivity index (χ3v) is 1.19. The van der Waals surface area contributed by atoms with E-state index in [4.69, 9.17) is 0 Å². The van der Waals surface area contributed by atoms with Gasteiger partial charge >= 0.3 is 0 Å². The molecule has 0 rings (SSSR count). The van der Waals surface area contributed by atoms with Gasteiger partial charge in [-0.3, -0.25) is 0 Å². The van der Waals surface area contributed by atoms with Gasteiger partial charge in [0, 0.05) is 5.41 Å². The van der Waals surface area contributed by atoms with Gasteiger partial charge in [-0.15, -0.1) is 6.58 Å². The number of unbranched alkanes of at least 4 members (excludes halogenated alkanes) is 1. The van der Waals surface area contributed by atoms with Crippen molar-refractivity contribution in [1.29, 1.82) is 0 Å². The molecule has 0 amide bonds. The lowest BCUT2D eigenvalue weighted by atomic mass is 9.98. The van der Waals surface area contributed by atoms with E-state index in [0.29, 0.717) is 0 Å². The van der Waals surface area contributed by atoms with Gasteiger partial charge in [0.25, 0.3) is 0 Å². The molecule has 0 aliphatic heterocycles. The van der Waals surface area contributed by atoms with E-state index >= 15 is 0 Å². The predicted octanol–water partition coefficient (Wildman–Crippen LogP) is 3.56. The summed E-state index contributed by atoms with van der Waals surface area (Å²) in [4.78, 5) is 0. The van der Waals surface area contributed by atoms with Gasteiger partial charge in [0.2, 0.25) is 0 Å². The first-order valence-corrected chi connectivity index (χ1v) is 4.35. The maximum atomic E-state index is 3.65. The number of hydrogen-bond donors (Lipinski definition) is 0. The summed E-state index contributed by atoms with van der Waals surface area (Å²) in [7, 11) is 0. The Kier molecular flexibility index (Phi) is 5.21. The van der Waals surface area contributed by atoms with Crippen molar-refractivity contribution in [2.75, 3.05) is 0 Å². The third kappa shape index (κ3) is 9.04. The summed E-state index contributed by atoms with van der Waals surface area (Å²) < 4.78 is 0. The molecule has 0 saturated heterocycles. The molecule has 0 radical (unpaired) electrons. The van der Waals surface area contributed by atoms with E-state index in [1.54, 1.807) is 0 Å². The summed E-state index contributed by atoms with van der Waals surface area (Å²) in [5.41, 5.74) is 0.114. The van der Waals surface area contributed by atoms with Gasteiger partial charge in [0.05, 0.1) is 0 Å². The Morgan fingerprint density at radius 2 is 1.92 bits per heavy atom. The van der Waals surface area contributed by atoms with Crippen LogP contribution in [0.25, 0.3) is 0 Å². The SMILES string of the molecule is C=CCC/C=C/C#CC(C)(C)C. The Bertz CT molecular complexity index is 202. The van der Waals surface area contributed by atoms with Crippen molar-refractivity contribution in [3.8, 4) is 11.8 Å². The average Bonchev–Trinajstić information content (AvgIpc) is 1.94. The first-order valence-electron chi connectivity index (χ1n) is 4.35. The van der Waals surface area contributed by atoms with Crippen LogP contribution >= 0.6 is 0 Å². The molecule has 0 fully saturated rings. The monoisotopic (exact) mass is 162 g/mol. The Labute approximate surface area is 76.4 Å². The topological polar surface area (TPSA) is 0 Å². The summed E-state index contributed by atoms with van der Waals surface area (Å²) in [6, 6.07) is 0. The molecule has 0 saturated carbocycles. The van der Waals surface area contributed by atoms with Crippen molar-refractivity contribution in [3.63, 3.8) is 0 Å². The highest BCUT2D eigenvalue weighted by atomic mass is 14.0. The number of hydrogen-bond acceptors (Lipinski definition) is 0. The largest absolute Gasteiger partial charge is 0.103 e. The van der Waals surface area contributed by atoms with E-state index in [0.717, 1.165) is 12.8 Å². The molecule has 0 nitrogen and oxygen atoms in total. The lowest BCUT2D eigenvalue weighted by Crippen LogP contribution is -1.98. The maximum Gasteiger partial charge on any atom is 0.0233 e. The molecule has 0 aromatic heterocycles. The van der Waals surface area contributed by atoms with Crippen molar-refractivity contribution >= 4 is 0 Å². The van der Waals surface area contributed by atoms with Gasteiger partial charge in [-0.2, -0.15) is 0 Å². The number of rotatable bonds is 3. The lowest BCUT2D eigenvalue weighted by molar-refractivity contribution is 0.571. The smallest absolute Gasteiger partial charge is 0.0233 e. The van der Waals surface area contributed by atoms with Crippen molar-refractivity contribution in [3.05, 3.63) is 24.8 Å². The Morgan fingerprint density at radius 3 is 2.42 bits per heavy atom. The summed E-state index contributed by atoms with van der Waals surface area (Å²) in [5, 5.41) is 0. The van der Waals surface area contributed by atoms with E-state index in [1.165, 1.54) is 0 Å². The highest BCUT2D eigenvalue weighted by molar-refractivity contribution is 5.18. The van der Waals surface area contributed by atoms with Gasteiger partial charge in [0.1, 0.15) is 0 Å². The molecule has 0 aromatic carbocycles. The van der Waals surface area contributed by atoms with E-state index in [2.05, 4.69) is 45.3 Å².